The molecule has 2 amide bonds. The van der Waals surface area contributed by atoms with Crippen LogP contribution in [0.4, 0.5) is 5.69 Å². The normalized spacial score (nSPS) is 20.3. The molecule has 0 bridgehead atoms. The maximum atomic E-state index is 12.1. The maximum Gasteiger partial charge on any atom is 0.307 e. The Balaban J connectivity index is 1.43. The molecule has 1 heterocycles. The Labute approximate surface area is 151 Å². The minimum absolute atomic E-state index is 0.0540. The zero-order valence-corrected chi connectivity index (χ0v) is 14.8. The summed E-state index contributed by atoms with van der Waals surface area (Å²) < 4.78 is 5.04. The summed E-state index contributed by atoms with van der Waals surface area (Å²) in [5, 5.41) is 5.15. The molecule has 6 nitrogen and oxygen atoms in total. The summed E-state index contributed by atoms with van der Waals surface area (Å²) in [5.41, 5.74) is 0.758. The second-order valence-electron chi connectivity index (χ2n) is 6.36. The van der Waals surface area contributed by atoms with Crippen molar-refractivity contribution in [1.29, 1.82) is 0 Å². The Morgan fingerprint density at radius 3 is 2.76 bits per heavy atom. The van der Waals surface area contributed by atoms with Crippen LogP contribution in [-0.4, -0.2) is 35.7 Å². The molecule has 1 aromatic rings. The molecule has 0 saturated heterocycles. The largest absolute Gasteiger partial charge is 0.456 e. The molecule has 25 heavy (non-hydrogen) atoms. The van der Waals surface area contributed by atoms with Crippen LogP contribution >= 0.6 is 11.8 Å². The molecule has 1 aliphatic heterocycles. The monoisotopic (exact) mass is 362 g/mol. The van der Waals surface area contributed by atoms with Gasteiger partial charge in [-0.15, -0.1) is 11.8 Å². The highest BCUT2D eigenvalue weighted by Crippen LogP contribution is 2.36. The van der Waals surface area contributed by atoms with Crippen LogP contribution < -0.4 is 10.6 Å². The number of ether oxygens (including phenoxy) is 1. The van der Waals surface area contributed by atoms with Crippen molar-refractivity contribution >= 4 is 35.2 Å². The number of amides is 2. The highest BCUT2D eigenvalue weighted by molar-refractivity contribution is 8.01. The molecule has 1 saturated carbocycles. The lowest BCUT2D eigenvalue weighted by molar-refractivity contribution is -0.149. The second kappa shape index (κ2) is 8.38. The van der Waals surface area contributed by atoms with E-state index in [1.807, 2.05) is 24.3 Å². The van der Waals surface area contributed by atoms with Crippen LogP contribution in [0.25, 0.3) is 0 Å². The van der Waals surface area contributed by atoms with Crippen molar-refractivity contribution in [3.63, 3.8) is 0 Å². The highest BCUT2D eigenvalue weighted by Gasteiger charge is 2.29. The number of carbonyl (C=O) groups excluding carboxylic acids is 3. The highest BCUT2D eigenvalue weighted by atomic mass is 32.2. The first kappa shape index (κ1) is 17.8. The van der Waals surface area contributed by atoms with Crippen LogP contribution in [0.3, 0.4) is 0 Å². The molecular weight excluding hydrogens is 340 g/mol. The molecule has 1 aliphatic carbocycles. The van der Waals surface area contributed by atoms with Gasteiger partial charge >= 0.3 is 5.97 Å². The Morgan fingerprint density at radius 1 is 1.20 bits per heavy atom. The number of nitrogens with one attached hydrogen (secondary N) is 2. The van der Waals surface area contributed by atoms with Crippen molar-refractivity contribution < 1.29 is 19.1 Å². The number of fused-ring (bicyclic) bond motifs is 1. The molecule has 1 fully saturated rings. The van der Waals surface area contributed by atoms with Gasteiger partial charge in [0.2, 0.25) is 5.91 Å². The van der Waals surface area contributed by atoms with Gasteiger partial charge in [-0.3, -0.25) is 14.4 Å². The quantitative estimate of drug-likeness (QED) is 0.786. The third-order valence-corrected chi connectivity index (χ3v) is 5.67. The van der Waals surface area contributed by atoms with Crippen molar-refractivity contribution in [2.24, 2.45) is 0 Å². The van der Waals surface area contributed by atoms with Gasteiger partial charge in [-0.2, -0.15) is 0 Å². The number of anilines is 1. The fourth-order valence-electron chi connectivity index (χ4n) is 3.10. The lowest BCUT2D eigenvalue weighted by Gasteiger charge is -2.24. The van der Waals surface area contributed by atoms with E-state index in [1.165, 1.54) is 18.2 Å². The molecule has 0 unspecified atom stereocenters. The van der Waals surface area contributed by atoms with Crippen molar-refractivity contribution in [2.75, 3.05) is 11.9 Å². The van der Waals surface area contributed by atoms with Crippen LogP contribution in [-0.2, 0) is 19.1 Å². The number of hydrogen-bond donors (Lipinski definition) is 2. The average Bonchev–Trinajstić information content (AvgIpc) is 2.61. The zero-order valence-electron chi connectivity index (χ0n) is 14.0. The number of rotatable bonds is 5. The summed E-state index contributed by atoms with van der Waals surface area (Å²) in [6.07, 6.45) is 5.38. The van der Waals surface area contributed by atoms with Crippen LogP contribution in [0.15, 0.2) is 29.2 Å². The van der Waals surface area contributed by atoms with Crippen LogP contribution in [0.5, 0.6) is 0 Å². The zero-order chi connectivity index (χ0) is 17.6. The predicted octanol–water partition coefficient (Wildman–Crippen LogP) is 2.48. The van der Waals surface area contributed by atoms with Crippen LogP contribution in [0.1, 0.15) is 38.5 Å². The first-order valence-corrected chi connectivity index (χ1v) is 9.51. The first-order chi connectivity index (χ1) is 12.1. The van der Waals surface area contributed by atoms with E-state index < -0.39 is 11.2 Å². The molecule has 7 heteroatoms. The Morgan fingerprint density at radius 2 is 1.96 bits per heavy atom. The fourth-order valence-corrected chi connectivity index (χ4v) is 4.19. The van der Waals surface area contributed by atoms with Gasteiger partial charge in [0.1, 0.15) is 0 Å². The SMILES string of the molecule is O=C(COC(=O)C[C@@H]1Sc2ccccc2NC1=O)NC1CCCCC1. The van der Waals surface area contributed by atoms with Gasteiger partial charge in [0.05, 0.1) is 17.4 Å². The summed E-state index contributed by atoms with van der Waals surface area (Å²) in [4.78, 5) is 36.8. The molecule has 2 N–H and O–H groups in total. The molecule has 0 radical (unpaired) electrons. The van der Waals surface area contributed by atoms with Gasteiger partial charge < -0.3 is 15.4 Å². The molecular formula is C18H22N2O4S. The summed E-state index contributed by atoms with van der Waals surface area (Å²) in [6, 6.07) is 7.64. The topological polar surface area (TPSA) is 84.5 Å². The number of benzene rings is 1. The van der Waals surface area contributed by atoms with E-state index in [0.29, 0.717) is 0 Å². The summed E-state index contributed by atoms with van der Waals surface area (Å²) >= 11 is 1.34. The van der Waals surface area contributed by atoms with Gasteiger partial charge in [0.15, 0.2) is 6.61 Å². The number of thioether (sulfide) groups is 1. The average molecular weight is 362 g/mol. The fraction of sp³-hybridized carbons (Fsp3) is 0.500. The van der Waals surface area contributed by atoms with E-state index >= 15 is 0 Å². The summed E-state index contributed by atoms with van der Waals surface area (Å²) in [5.74, 6) is -1.02. The van der Waals surface area contributed by atoms with E-state index in [1.54, 1.807) is 0 Å². The Bertz CT molecular complexity index is 658. The smallest absolute Gasteiger partial charge is 0.307 e. The second-order valence-corrected chi connectivity index (χ2v) is 7.60. The van der Waals surface area contributed by atoms with E-state index in [9.17, 15) is 14.4 Å². The van der Waals surface area contributed by atoms with Crippen molar-refractivity contribution in [3.05, 3.63) is 24.3 Å². The lowest BCUT2D eigenvalue weighted by atomic mass is 9.95. The van der Waals surface area contributed by atoms with Gasteiger partial charge in [0.25, 0.3) is 5.91 Å². The molecule has 134 valence electrons. The van der Waals surface area contributed by atoms with Crippen molar-refractivity contribution in [3.8, 4) is 0 Å². The van der Waals surface area contributed by atoms with E-state index in [2.05, 4.69) is 10.6 Å². The third-order valence-electron chi connectivity index (χ3n) is 4.39. The predicted molar refractivity (Wildman–Crippen MR) is 95.3 cm³/mol. The Hall–Kier alpha value is -2.02. The van der Waals surface area contributed by atoms with Crippen LogP contribution in [0.2, 0.25) is 0 Å². The minimum atomic E-state index is -0.538. The lowest BCUT2D eigenvalue weighted by Crippen LogP contribution is -2.39. The molecule has 0 aromatic heterocycles. The minimum Gasteiger partial charge on any atom is -0.456 e. The van der Waals surface area contributed by atoms with Gasteiger partial charge in [-0.05, 0) is 25.0 Å². The van der Waals surface area contributed by atoms with E-state index in [0.717, 1.165) is 36.3 Å². The van der Waals surface area contributed by atoms with Gasteiger partial charge in [-0.25, -0.2) is 0 Å². The van der Waals surface area contributed by atoms with E-state index in [4.69, 9.17) is 4.74 Å². The first-order valence-electron chi connectivity index (χ1n) is 8.63. The molecule has 1 aromatic carbocycles. The third kappa shape index (κ3) is 4.98. The summed E-state index contributed by atoms with van der Waals surface area (Å²) in [7, 11) is 0. The van der Waals surface area contributed by atoms with Crippen LogP contribution in [0, 0.1) is 0 Å². The Kier molecular flexibility index (Phi) is 5.96. The summed E-state index contributed by atoms with van der Waals surface area (Å²) in [6.45, 7) is -0.287. The molecule has 1 atom stereocenters. The number of para-hydroxylation sites is 1. The van der Waals surface area contributed by atoms with Crippen molar-refractivity contribution in [1.82, 2.24) is 5.32 Å². The number of hydrogen-bond acceptors (Lipinski definition) is 5. The number of esters is 1. The molecule has 2 aliphatic rings. The van der Waals surface area contributed by atoms with E-state index in [-0.39, 0.29) is 30.9 Å². The van der Waals surface area contributed by atoms with Gasteiger partial charge in [-0.1, -0.05) is 31.4 Å². The maximum absolute atomic E-state index is 12.1. The number of carbonyl (C=O) groups is 3. The van der Waals surface area contributed by atoms with Gasteiger partial charge in [0, 0.05) is 10.9 Å². The molecule has 0 spiro atoms. The molecule has 3 rings (SSSR count). The standard InChI is InChI=1S/C18H22N2O4S/c21-16(19-12-6-2-1-3-7-12)11-24-17(22)10-15-18(23)20-13-8-4-5-9-14(13)25-15/h4-5,8-9,12,15H,1-3,6-7,10-11H2,(H,19,21)(H,20,23)/t15-/m0/s1. The van der Waals surface area contributed by atoms with Crippen molar-refractivity contribution in [2.45, 2.75) is 54.7 Å².